The van der Waals surface area contributed by atoms with Crippen molar-refractivity contribution in [2.75, 3.05) is 19.4 Å². The van der Waals surface area contributed by atoms with Gasteiger partial charge in [0.2, 0.25) is 0 Å². The third-order valence-corrected chi connectivity index (χ3v) is 7.03. The number of aromatic amines is 1. The first-order valence-corrected chi connectivity index (χ1v) is 10.9. The van der Waals surface area contributed by atoms with Gasteiger partial charge in [0.15, 0.2) is 9.84 Å². The predicted molar refractivity (Wildman–Crippen MR) is 107 cm³/mol. The standard InChI is InChI=1S/C21H22N2O4S/c1-27-17-10-9-15-12-20(22-19(15)13-17)21(24)23-11-5-6-16(23)14-28(25,26)18-7-3-2-4-8-18/h2-4,7-10,12-13,16,22H,5-6,11,14H2,1H3. The molecule has 1 saturated heterocycles. The molecule has 1 amide bonds. The zero-order chi connectivity index (χ0) is 19.7. The average Bonchev–Trinajstić information content (AvgIpc) is 3.33. The van der Waals surface area contributed by atoms with Gasteiger partial charge in [-0.15, -0.1) is 0 Å². The molecule has 0 aliphatic carbocycles. The fraction of sp³-hybridized carbons (Fsp3) is 0.286. The summed E-state index contributed by atoms with van der Waals surface area (Å²) < 4.78 is 30.7. The highest BCUT2D eigenvalue weighted by atomic mass is 32.2. The minimum atomic E-state index is -3.45. The highest BCUT2D eigenvalue weighted by Crippen LogP contribution is 2.26. The maximum absolute atomic E-state index is 13.1. The number of aromatic nitrogens is 1. The number of carbonyl (C=O) groups is 1. The molecular formula is C21H22N2O4S. The van der Waals surface area contributed by atoms with Crippen LogP contribution in [0.15, 0.2) is 59.5 Å². The monoisotopic (exact) mass is 398 g/mol. The second kappa shape index (κ2) is 7.31. The van der Waals surface area contributed by atoms with Crippen LogP contribution in [0.1, 0.15) is 23.3 Å². The molecule has 1 aliphatic rings. The normalized spacial score (nSPS) is 17.2. The molecule has 0 spiro atoms. The van der Waals surface area contributed by atoms with E-state index >= 15 is 0 Å². The Kier molecular flexibility index (Phi) is 4.85. The molecule has 1 aliphatic heterocycles. The number of nitrogens with one attached hydrogen (secondary N) is 1. The number of H-pyrrole nitrogens is 1. The van der Waals surface area contributed by atoms with Crippen LogP contribution in [0.5, 0.6) is 5.75 Å². The van der Waals surface area contributed by atoms with Gasteiger partial charge in [0.25, 0.3) is 5.91 Å². The van der Waals surface area contributed by atoms with Gasteiger partial charge in [0.1, 0.15) is 11.4 Å². The van der Waals surface area contributed by atoms with Crippen molar-refractivity contribution >= 4 is 26.6 Å². The van der Waals surface area contributed by atoms with Gasteiger partial charge in [-0.05, 0) is 43.2 Å². The summed E-state index contributed by atoms with van der Waals surface area (Å²) in [5, 5.41) is 0.914. The van der Waals surface area contributed by atoms with Crippen LogP contribution in [-0.4, -0.2) is 49.7 Å². The maximum Gasteiger partial charge on any atom is 0.270 e. The molecular weight excluding hydrogens is 376 g/mol. The number of rotatable bonds is 5. The van der Waals surface area contributed by atoms with E-state index in [0.29, 0.717) is 29.3 Å². The lowest BCUT2D eigenvalue weighted by Crippen LogP contribution is -2.39. The van der Waals surface area contributed by atoms with E-state index in [4.69, 9.17) is 4.74 Å². The molecule has 0 bridgehead atoms. The van der Waals surface area contributed by atoms with E-state index < -0.39 is 9.84 Å². The minimum Gasteiger partial charge on any atom is -0.497 e. The smallest absolute Gasteiger partial charge is 0.270 e. The van der Waals surface area contributed by atoms with Crippen LogP contribution in [0.2, 0.25) is 0 Å². The number of amides is 1. The topological polar surface area (TPSA) is 79.5 Å². The van der Waals surface area contributed by atoms with Gasteiger partial charge in [0, 0.05) is 29.6 Å². The van der Waals surface area contributed by atoms with Crippen molar-refractivity contribution in [2.24, 2.45) is 0 Å². The molecule has 0 saturated carbocycles. The molecule has 3 aromatic rings. The maximum atomic E-state index is 13.1. The number of hydrogen-bond donors (Lipinski definition) is 1. The molecule has 1 unspecified atom stereocenters. The van der Waals surface area contributed by atoms with Gasteiger partial charge >= 0.3 is 0 Å². The van der Waals surface area contributed by atoms with E-state index in [0.717, 1.165) is 17.3 Å². The summed E-state index contributed by atoms with van der Waals surface area (Å²) in [5.74, 6) is 0.485. The van der Waals surface area contributed by atoms with Crippen molar-refractivity contribution < 1.29 is 17.9 Å². The van der Waals surface area contributed by atoms with Crippen LogP contribution in [0, 0.1) is 0 Å². The molecule has 2 aromatic carbocycles. The second-order valence-electron chi connectivity index (χ2n) is 7.03. The van der Waals surface area contributed by atoms with E-state index in [2.05, 4.69) is 4.98 Å². The number of methoxy groups -OCH3 is 1. The van der Waals surface area contributed by atoms with Gasteiger partial charge in [-0.3, -0.25) is 4.79 Å². The molecule has 0 radical (unpaired) electrons. The third kappa shape index (κ3) is 3.49. The number of sulfone groups is 1. The van der Waals surface area contributed by atoms with E-state index in [1.165, 1.54) is 0 Å². The van der Waals surface area contributed by atoms with E-state index in [1.54, 1.807) is 48.4 Å². The molecule has 28 heavy (non-hydrogen) atoms. The van der Waals surface area contributed by atoms with Crippen LogP contribution in [-0.2, 0) is 9.84 Å². The van der Waals surface area contributed by atoms with Crippen molar-refractivity contribution in [3.05, 3.63) is 60.3 Å². The summed E-state index contributed by atoms with van der Waals surface area (Å²) >= 11 is 0. The van der Waals surface area contributed by atoms with E-state index in [-0.39, 0.29) is 17.7 Å². The fourth-order valence-corrected chi connectivity index (χ4v) is 5.37. The highest BCUT2D eigenvalue weighted by Gasteiger charge is 2.34. The lowest BCUT2D eigenvalue weighted by Gasteiger charge is -2.24. The number of carbonyl (C=O) groups excluding carboxylic acids is 1. The zero-order valence-corrected chi connectivity index (χ0v) is 16.4. The molecule has 7 heteroatoms. The number of nitrogens with zero attached hydrogens (tertiary/aromatic N) is 1. The quantitative estimate of drug-likeness (QED) is 0.715. The Balaban J connectivity index is 1.57. The molecule has 2 heterocycles. The van der Waals surface area contributed by atoms with Gasteiger partial charge < -0.3 is 14.6 Å². The Labute approximate surface area is 164 Å². The zero-order valence-electron chi connectivity index (χ0n) is 15.6. The SMILES string of the molecule is COc1ccc2cc(C(=O)N3CCCC3CS(=O)(=O)c3ccccc3)[nH]c2c1. The van der Waals surface area contributed by atoms with E-state index in [9.17, 15) is 13.2 Å². The van der Waals surface area contributed by atoms with Crippen LogP contribution < -0.4 is 4.74 Å². The molecule has 6 nitrogen and oxygen atoms in total. The van der Waals surface area contributed by atoms with Crippen molar-refractivity contribution in [3.63, 3.8) is 0 Å². The first-order chi connectivity index (χ1) is 13.5. The average molecular weight is 398 g/mol. The Bertz CT molecular complexity index is 1110. The van der Waals surface area contributed by atoms with Crippen molar-refractivity contribution in [1.29, 1.82) is 0 Å². The van der Waals surface area contributed by atoms with Gasteiger partial charge in [0.05, 0.1) is 17.8 Å². The molecule has 1 aromatic heterocycles. The number of benzene rings is 2. The first kappa shape index (κ1) is 18.6. The van der Waals surface area contributed by atoms with Crippen LogP contribution >= 0.6 is 0 Å². The van der Waals surface area contributed by atoms with Gasteiger partial charge in [-0.2, -0.15) is 0 Å². The summed E-state index contributed by atoms with van der Waals surface area (Å²) in [6, 6.07) is 15.5. The van der Waals surface area contributed by atoms with Crippen molar-refractivity contribution in [1.82, 2.24) is 9.88 Å². The van der Waals surface area contributed by atoms with E-state index in [1.807, 2.05) is 18.2 Å². The third-order valence-electron chi connectivity index (χ3n) is 5.21. The summed E-state index contributed by atoms with van der Waals surface area (Å²) in [7, 11) is -1.85. The molecule has 1 atom stereocenters. The van der Waals surface area contributed by atoms with Crippen LogP contribution in [0.3, 0.4) is 0 Å². The Morgan fingerprint density at radius 3 is 2.71 bits per heavy atom. The van der Waals surface area contributed by atoms with Gasteiger partial charge in [-0.1, -0.05) is 18.2 Å². The Hall–Kier alpha value is -2.80. The van der Waals surface area contributed by atoms with Gasteiger partial charge in [-0.25, -0.2) is 8.42 Å². The van der Waals surface area contributed by atoms with Crippen LogP contribution in [0.4, 0.5) is 0 Å². The molecule has 1 N–H and O–H groups in total. The van der Waals surface area contributed by atoms with Crippen LogP contribution in [0.25, 0.3) is 10.9 Å². The lowest BCUT2D eigenvalue weighted by atomic mass is 10.2. The summed E-state index contributed by atoms with van der Waals surface area (Å²) in [4.78, 5) is 18.2. The Morgan fingerprint density at radius 2 is 1.96 bits per heavy atom. The summed E-state index contributed by atoms with van der Waals surface area (Å²) in [6.07, 6.45) is 1.49. The largest absolute Gasteiger partial charge is 0.497 e. The molecule has 4 rings (SSSR count). The number of fused-ring (bicyclic) bond motifs is 1. The molecule has 1 fully saturated rings. The highest BCUT2D eigenvalue weighted by molar-refractivity contribution is 7.91. The fourth-order valence-electron chi connectivity index (χ4n) is 3.76. The summed E-state index contributed by atoms with van der Waals surface area (Å²) in [5.41, 5.74) is 1.28. The second-order valence-corrected chi connectivity index (χ2v) is 9.06. The number of hydrogen-bond acceptors (Lipinski definition) is 4. The number of ether oxygens (including phenoxy) is 1. The predicted octanol–water partition coefficient (Wildman–Crippen LogP) is 3.26. The van der Waals surface area contributed by atoms with Crippen molar-refractivity contribution in [3.8, 4) is 5.75 Å². The Morgan fingerprint density at radius 1 is 1.18 bits per heavy atom. The summed E-state index contributed by atoms with van der Waals surface area (Å²) in [6.45, 7) is 0.562. The number of likely N-dealkylation sites (tertiary alicyclic amines) is 1. The molecule has 146 valence electrons. The first-order valence-electron chi connectivity index (χ1n) is 9.23. The lowest BCUT2D eigenvalue weighted by molar-refractivity contribution is 0.0744. The van der Waals surface area contributed by atoms with Crippen molar-refractivity contribution in [2.45, 2.75) is 23.8 Å². The minimum absolute atomic E-state index is 0.0587.